The molecule has 1 saturated heterocycles. The monoisotopic (exact) mass is 278 g/mol. The number of hydrogen-bond donors (Lipinski definition) is 1. The van der Waals surface area contributed by atoms with Crippen LogP contribution in [0.5, 0.6) is 0 Å². The maximum absolute atomic E-state index is 10.6. The quantitative estimate of drug-likeness (QED) is 0.869. The molecule has 110 valence electrons. The molecule has 0 bridgehead atoms. The summed E-state index contributed by atoms with van der Waals surface area (Å²) < 4.78 is 11.2. The largest absolute Gasteiger partial charge is 0.481 e. The van der Waals surface area contributed by atoms with Gasteiger partial charge in [-0.25, -0.2) is 0 Å². The van der Waals surface area contributed by atoms with Crippen LogP contribution in [0.1, 0.15) is 36.8 Å². The number of aryl methyl sites for hydroxylation is 1. The SMILES string of the molecule is COC1(c2cccc(CCCC(=O)O)c2)CCOCC1. The topological polar surface area (TPSA) is 55.8 Å². The van der Waals surface area contributed by atoms with Crippen LogP contribution in [0.4, 0.5) is 0 Å². The average Bonchev–Trinajstić information content (AvgIpc) is 2.48. The second kappa shape index (κ2) is 6.86. The summed E-state index contributed by atoms with van der Waals surface area (Å²) in [6.07, 6.45) is 3.40. The molecule has 1 aromatic carbocycles. The summed E-state index contributed by atoms with van der Waals surface area (Å²) in [6.45, 7) is 1.44. The highest BCUT2D eigenvalue weighted by Crippen LogP contribution is 2.35. The van der Waals surface area contributed by atoms with E-state index in [1.54, 1.807) is 7.11 Å². The van der Waals surface area contributed by atoms with E-state index >= 15 is 0 Å². The molecule has 20 heavy (non-hydrogen) atoms. The summed E-state index contributed by atoms with van der Waals surface area (Å²) in [5.74, 6) is -0.737. The lowest BCUT2D eigenvalue weighted by Crippen LogP contribution is -2.35. The Labute approximate surface area is 119 Å². The van der Waals surface area contributed by atoms with Gasteiger partial charge in [0, 0.05) is 39.6 Å². The highest BCUT2D eigenvalue weighted by atomic mass is 16.5. The normalized spacial score (nSPS) is 17.9. The molecule has 1 aromatic rings. The number of methoxy groups -OCH3 is 1. The minimum atomic E-state index is -0.737. The smallest absolute Gasteiger partial charge is 0.303 e. The number of aliphatic carboxylic acids is 1. The maximum Gasteiger partial charge on any atom is 0.303 e. The van der Waals surface area contributed by atoms with E-state index < -0.39 is 5.97 Å². The van der Waals surface area contributed by atoms with Gasteiger partial charge in [0.2, 0.25) is 0 Å². The first-order valence-corrected chi connectivity index (χ1v) is 7.10. The summed E-state index contributed by atoms with van der Waals surface area (Å²) in [6, 6.07) is 8.32. The van der Waals surface area contributed by atoms with E-state index in [0.717, 1.165) is 32.5 Å². The zero-order valence-electron chi connectivity index (χ0n) is 11.9. The molecule has 4 heteroatoms. The zero-order valence-corrected chi connectivity index (χ0v) is 11.9. The molecular formula is C16H22O4. The molecule has 1 heterocycles. The lowest BCUT2D eigenvalue weighted by Gasteiger charge is -2.36. The minimum Gasteiger partial charge on any atom is -0.481 e. The van der Waals surface area contributed by atoms with Crippen LogP contribution >= 0.6 is 0 Å². The van der Waals surface area contributed by atoms with Crippen molar-refractivity contribution in [1.82, 2.24) is 0 Å². The van der Waals surface area contributed by atoms with Gasteiger partial charge in [0.1, 0.15) is 0 Å². The highest BCUT2D eigenvalue weighted by Gasteiger charge is 2.34. The molecule has 0 spiro atoms. The van der Waals surface area contributed by atoms with Gasteiger partial charge in [0.25, 0.3) is 0 Å². The van der Waals surface area contributed by atoms with Crippen molar-refractivity contribution in [2.24, 2.45) is 0 Å². The lowest BCUT2D eigenvalue weighted by molar-refractivity contribution is -0.137. The van der Waals surface area contributed by atoms with E-state index in [2.05, 4.69) is 12.1 Å². The van der Waals surface area contributed by atoms with Crippen LogP contribution in [0.2, 0.25) is 0 Å². The van der Waals surface area contributed by atoms with Gasteiger partial charge >= 0.3 is 5.97 Å². The third kappa shape index (κ3) is 3.58. The summed E-state index contributed by atoms with van der Waals surface area (Å²) >= 11 is 0. The van der Waals surface area contributed by atoms with Crippen molar-refractivity contribution >= 4 is 5.97 Å². The van der Waals surface area contributed by atoms with Gasteiger partial charge in [-0.3, -0.25) is 4.79 Å². The number of hydrogen-bond acceptors (Lipinski definition) is 3. The molecule has 0 unspecified atom stereocenters. The molecule has 0 saturated carbocycles. The summed E-state index contributed by atoms with van der Waals surface area (Å²) in [5, 5.41) is 8.70. The standard InChI is InChI=1S/C16H22O4/c1-19-16(8-10-20-11-9-16)14-6-2-4-13(12-14)5-3-7-15(17)18/h2,4,6,12H,3,5,7-11H2,1H3,(H,17,18). The van der Waals surface area contributed by atoms with Crippen molar-refractivity contribution in [2.75, 3.05) is 20.3 Å². The molecule has 0 atom stereocenters. The fourth-order valence-electron chi connectivity index (χ4n) is 2.77. The van der Waals surface area contributed by atoms with E-state index in [4.69, 9.17) is 14.6 Å². The Hall–Kier alpha value is -1.39. The number of benzene rings is 1. The van der Waals surface area contributed by atoms with Crippen LogP contribution in [-0.2, 0) is 26.3 Å². The van der Waals surface area contributed by atoms with Crippen molar-refractivity contribution < 1.29 is 19.4 Å². The van der Waals surface area contributed by atoms with Gasteiger partial charge in [0.05, 0.1) is 5.60 Å². The Morgan fingerprint density at radius 2 is 2.15 bits per heavy atom. The molecule has 0 radical (unpaired) electrons. The Balaban J connectivity index is 2.09. The predicted octanol–water partition coefficient (Wildman–Crippen LogP) is 2.75. The van der Waals surface area contributed by atoms with Crippen molar-refractivity contribution in [3.63, 3.8) is 0 Å². The van der Waals surface area contributed by atoms with Gasteiger partial charge in [-0.05, 0) is 24.0 Å². The van der Waals surface area contributed by atoms with Crippen LogP contribution in [0.25, 0.3) is 0 Å². The summed E-state index contributed by atoms with van der Waals surface area (Å²) in [5.41, 5.74) is 2.10. The Morgan fingerprint density at radius 3 is 2.80 bits per heavy atom. The van der Waals surface area contributed by atoms with Gasteiger partial charge in [-0.1, -0.05) is 24.3 Å². The summed E-state index contributed by atoms with van der Waals surface area (Å²) in [4.78, 5) is 10.6. The molecule has 0 amide bonds. The van der Waals surface area contributed by atoms with Crippen molar-refractivity contribution in [1.29, 1.82) is 0 Å². The fourth-order valence-corrected chi connectivity index (χ4v) is 2.77. The number of carbonyl (C=O) groups is 1. The van der Waals surface area contributed by atoms with Gasteiger partial charge in [-0.15, -0.1) is 0 Å². The number of ether oxygens (including phenoxy) is 2. The molecular weight excluding hydrogens is 256 g/mol. The lowest BCUT2D eigenvalue weighted by atomic mass is 9.85. The number of carboxylic acids is 1. The summed E-state index contributed by atoms with van der Waals surface area (Å²) in [7, 11) is 1.75. The second-order valence-electron chi connectivity index (χ2n) is 5.26. The van der Waals surface area contributed by atoms with Gasteiger partial charge in [0.15, 0.2) is 0 Å². The molecule has 2 rings (SSSR count). The van der Waals surface area contributed by atoms with Crippen LogP contribution in [0, 0.1) is 0 Å². The Kier molecular flexibility index (Phi) is 5.15. The molecule has 4 nitrogen and oxygen atoms in total. The van der Waals surface area contributed by atoms with E-state index in [1.807, 2.05) is 12.1 Å². The van der Waals surface area contributed by atoms with Crippen molar-refractivity contribution in [2.45, 2.75) is 37.7 Å². The average molecular weight is 278 g/mol. The first-order chi connectivity index (χ1) is 9.66. The number of rotatable bonds is 6. The third-order valence-corrected chi connectivity index (χ3v) is 4.00. The first kappa shape index (κ1) is 15.0. The van der Waals surface area contributed by atoms with E-state index in [-0.39, 0.29) is 12.0 Å². The van der Waals surface area contributed by atoms with E-state index in [9.17, 15) is 4.79 Å². The van der Waals surface area contributed by atoms with E-state index in [0.29, 0.717) is 6.42 Å². The molecule has 1 aliphatic rings. The first-order valence-electron chi connectivity index (χ1n) is 7.10. The van der Waals surface area contributed by atoms with Crippen LogP contribution in [0.15, 0.2) is 24.3 Å². The highest BCUT2D eigenvalue weighted by molar-refractivity contribution is 5.66. The second-order valence-corrected chi connectivity index (χ2v) is 5.26. The Morgan fingerprint density at radius 1 is 1.40 bits per heavy atom. The van der Waals surface area contributed by atoms with Crippen LogP contribution in [0.3, 0.4) is 0 Å². The maximum atomic E-state index is 10.6. The molecule has 1 N–H and O–H groups in total. The van der Waals surface area contributed by atoms with Crippen LogP contribution in [-0.4, -0.2) is 31.4 Å². The molecule has 1 aliphatic heterocycles. The molecule has 1 fully saturated rings. The van der Waals surface area contributed by atoms with Crippen molar-refractivity contribution in [3.05, 3.63) is 35.4 Å². The van der Waals surface area contributed by atoms with Crippen molar-refractivity contribution in [3.8, 4) is 0 Å². The molecule has 0 aliphatic carbocycles. The zero-order chi connectivity index (χ0) is 14.4. The van der Waals surface area contributed by atoms with Gasteiger partial charge in [-0.2, -0.15) is 0 Å². The predicted molar refractivity (Wildman–Crippen MR) is 75.8 cm³/mol. The Bertz CT molecular complexity index is 450. The fraction of sp³-hybridized carbons (Fsp3) is 0.562. The number of carboxylic acid groups (broad SMARTS) is 1. The van der Waals surface area contributed by atoms with E-state index in [1.165, 1.54) is 11.1 Å². The third-order valence-electron chi connectivity index (χ3n) is 4.00. The minimum absolute atomic E-state index is 0.216. The van der Waals surface area contributed by atoms with Crippen LogP contribution < -0.4 is 0 Å². The molecule has 0 aromatic heterocycles. The van der Waals surface area contributed by atoms with Gasteiger partial charge < -0.3 is 14.6 Å².